The Balaban J connectivity index is 2.37. The van der Waals surface area contributed by atoms with E-state index >= 15 is 0 Å². The van der Waals surface area contributed by atoms with Crippen LogP contribution in [0.15, 0.2) is 24.3 Å². The number of aryl methyl sites for hydroxylation is 1. The number of carbonyl (C=O) groups excluding carboxylic acids is 1. The molecule has 0 aliphatic carbocycles. The average Bonchev–Trinajstić information content (AvgIpc) is 2.30. The van der Waals surface area contributed by atoms with Gasteiger partial charge in [-0.15, -0.1) is 0 Å². The topological polar surface area (TPSA) is 29.1 Å². The molecule has 0 heterocycles. The van der Waals surface area contributed by atoms with E-state index < -0.39 is 0 Å². The molecule has 0 saturated heterocycles. The van der Waals surface area contributed by atoms with E-state index in [0.29, 0.717) is 6.42 Å². The maximum Gasteiger partial charge on any atom is 0.224 e. The van der Waals surface area contributed by atoms with Crippen molar-refractivity contribution in [1.82, 2.24) is 0 Å². The smallest absolute Gasteiger partial charge is 0.224 e. The van der Waals surface area contributed by atoms with Crippen LogP contribution >= 0.6 is 0 Å². The molecule has 1 aromatic rings. The lowest BCUT2D eigenvalue weighted by molar-refractivity contribution is -0.116. The summed E-state index contributed by atoms with van der Waals surface area (Å²) < 4.78 is 0. The lowest BCUT2D eigenvalue weighted by atomic mass is 10.1. The average molecular weight is 219 g/mol. The molecule has 0 unspecified atom stereocenters. The monoisotopic (exact) mass is 219 g/mol. The van der Waals surface area contributed by atoms with E-state index in [1.165, 1.54) is 5.56 Å². The molecule has 0 aromatic heterocycles. The van der Waals surface area contributed by atoms with Crippen molar-refractivity contribution in [1.29, 1.82) is 0 Å². The molecule has 0 aliphatic rings. The van der Waals surface area contributed by atoms with E-state index in [4.69, 9.17) is 0 Å². The number of anilines is 1. The van der Waals surface area contributed by atoms with E-state index in [1.807, 2.05) is 12.1 Å². The van der Waals surface area contributed by atoms with E-state index in [9.17, 15) is 4.79 Å². The van der Waals surface area contributed by atoms with Crippen LogP contribution in [0, 0.1) is 0 Å². The zero-order valence-electron chi connectivity index (χ0n) is 10.3. The van der Waals surface area contributed by atoms with Crippen LogP contribution in [-0.4, -0.2) is 5.91 Å². The van der Waals surface area contributed by atoms with Crippen LogP contribution in [0.5, 0.6) is 0 Å². The molecular weight excluding hydrogens is 198 g/mol. The van der Waals surface area contributed by atoms with E-state index in [2.05, 4.69) is 31.3 Å². The van der Waals surface area contributed by atoms with Crippen LogP contribution in [0.4, 0.5) is 5.69 Å². The highest BCUT2D eigenvalue weighted by Gasteiger charge is 2.01. The fourth-order valence-corrected chi connectivity index (χ4v) is 1.58. The molecule has 2 heteroatoms. The molecule has 0 radical (unpaired) electrons. The van der Waals surface area contributed by atoms with Gasteiger partial charge in [0.15, 0.2) is 0 Å². The van der Waals surface area contributed by atoms with E-state index in [-0.39, 0.29) is 5.91 Å². The summed E-state index contributed by atoms with van der Waals surface area (Å²) in [6, 6.07) is 8.05. The normalized spacial score (nSPS) is 10.1. The molecule has 2 nitrogen and oxygen atoms in total. The molecule has 88 valence electrons. The number of amides is 1. The minimum Gasteiger partial charge on any atom is -0.326 e. The third-order valence-electron chi connectivity index (χ3n) is 2.65. The van der Waals surface area contributed by atoms with Crippen molar-refractivity contribution in [3.63, 3.8) is 0 Å². The fraction of sp³-hybridized carbons (Fsp3) is 0.500. The van der Waals surface area contributed by atoms with Crippen molar-refractivity contribution < 1.29 is 4.79 Å². The van der Waals surface area contributed by atoms with Gasteiger partial charge in [0.2, 0.25) is 5.91 Å². The Kier molecular flexibility index (Phi) is 5.62. The number of nitrogens with one attached hydrogen (secondary N) is 1. The van der Waals surface area contributed by atoms with Gasteiger partial charge in [0, 0.05) is 12.1 Å². The van der Waals surface area contributed by atoms with Crippen molar-refractivity contribution in [3.8, 4) is 0 Å². The Bertz CT molecular complexity index is 316. The van der Waals surface area contributed by atoms with Gasteiger partial charge in [-0.2, -0.15) is 0 Å². The van der Waals surface area contributed by atoms with Gasteiger partial charge in [-0.3, -0.25) is 4.79 Å². The first-order valence-electron chi connectivity index (χ1n) is 6.15. The summed E-state index contributed by atoms with van der Waals surface area (Å²) >= 11 is 0. The summed E-state index contributed by atoms with van der Waals surface area (Å²) in [5.74, 6) is 0.123. The largest absolute Gasteiger partial charge is 0.326 e. The number of unbranched alkanes of at least 4 members (excludes halogenated alkanes) is 2. The van der Waals surface area contributed by atoms with Crippen molar-refractivity contribution >= 4 is 11.6 Å². The van der Waals surface area contributed by atoms with Gasteiger partial charge in [0.25, 0.3) is 0 Å². The third kappa shape index (κ3) is 4.47. The number of hydrogen-bond donors (Lipinski definition) is 1. The van der Waals surface area contributed by atoms with Crippen molar-refractivity contribution in [2.45, 2.75) is 46.0 Å². The lowest BCUT2D eigenvalue weighted by Crippen LogP contribution is -2.10. The quantitative estimate of drug-likeness (QED) is 0.725. The molecule has 1 aromatic carbocycles. The molecule has 16 heavy (non-hydrogen) atoms. The second-order valence-corrected chi connectivity index (χ2v) is 4.06. The molecule has 0 saturated carbocycles. The zero-order chi connectivity index (χ0) is 11.8. The molecule has 1 N–H and O–H groups in total. The molecular formula is C14H21NO. The third-order valence-corrected chi connectivity index (χ3v) is 2.65. The summed E-state index contributed by atoms with van der Waals surface area (Å²) in [6.07, 6.45) is 4.92. The molecule has 1 amide bonds. The van der Waals surface area contributed by atoms with Crippen molar-refractivity contribution in [2.75, 3.05) is 5.32 Å². The summed E-state index contributed by atoms with van der Waals surface area (Å²) in [5, 5.41) is 2.91. The minimum atomic E-state index is 0.123. The summed E-state index contributed by atoms with van der Waals surface area (Å²) in [7, 11) is 0. The first-order chi connectivity index (χ1) is 7.76. The number of benzene rings is 1. The van der Waals surface area contributed by atoms with E-state index in [0.717, 1.165) is 31.4 Å². The summed E-state index contributed by atoms with van der Waals surface area (Å²) in [5.41, 5.74) is 2.20. The highest BCUT2D eigenvalue weighted by molar-refractivity contribution is 5.90. The Morgan fingerprint density at radius 2 is 1.81 bits per heavy atom. The number of carbonyl (C=O) groups is 1. The van der Waals surface area contributed by atoms with Gasteiger partial charge in [-0.25, -0.2) is 0 Å². The molecule has 0 atom stereocenters. The van der Waals surface area contributed by atoms with Crippen LogP contribution in [0.3, 0.4) is 0 Å². The Labute approximate surface area is 98.1 Å². The predicted octanol–water partition coefficient (Wildman–Crippen LogP) is 3.77. The second-order valence-electron chi connectivity index (χ2n) is 4.06. The SMILES string of the molecule is CCCCCC(=O)Nc1ccc(CC)cc1. The van der Waals surface area contributed by atoms with Crippen molar-refractivity contribution in [3.05, 3.63) is 29.8 Å². The Hall–Kier alpha value is -1.31. The van der Waals surface area contributed by atoms with Crippen LogP contribution in [0.1, 0.15) is 45.1 Å². The van der Waals surface area contributed by atoms with Crippen LogP contribution in [0.2, 0.25) is 0 Å². The number of rotatable bonds is 6. The first kappa shape index (κ1) is 12.8. The second kappa shape index (κ2) is 7.04. The number of hydrogen-bond acceptors (Lipinski definition) is 1. The summed E-state index contributed by atoms with van der Waals surface area (Å²) in [6.45, 7) is 4.26. The van der Waals surface area contributed by atoms with E-state index in [1.54, 1.807) is 0 Å². The Morgan fingerprint density at radius 1 is 1.12 bits per heavy atom. The highest BCUT2D eigenvalue weighted by atomic mass is 16.1. The first-order valence-corrected chi connectivity index (χ1v) is 6.15. The fourth-order valence-electron chi connectivity index (χ4n) is 1.58. The Morgan fingerprint density at radius 3 is 2.38 bits per heavy atom. The maximum atomic E-state index is 11.5. The lowest BCUT2D eigenvalue weighted by Gasteiger charge is -2.05. The van der Waals surface area contributed by atoms with Crippen molar-refractivity contribution in [2.24, 2.45) is 0 Å². The molecule has 0 aliphatic heterocycles. The minimum absolute atomic E-state index is 0.123. The van der Waals surface area contributed by atoms with Gasteiger partial charge in [-0.05, 0) is 30.5 Å². The summed E-state index contributed by atoms with van der Waals surface area (Å²) in [4.78, 5) is 11.5. The van der Waals surface area contributed by atoms with Gasteiger partial charge >= 0.3 is 0 Å². The maximum absolute atomic E-state index is 11.5. The molecule has 1 rings (SSSR count). The van der Waals surface area contributed by atoms with Gasteiger partial charge in [0.05, 0.1) is 0 Å². The molecule has 0 spiro atoms. The van der Waals surface area contributed by atoms with Gasteiger partial charge in [-0.1, -0.05) is 38.8 Å². The zero-order valence-corrected chi connectivity index (χ0v) is 10.3. The molecule has 0 bridgehead atoms. The molecule has 0 fully saturated rings. The van der Waals surface area contributed by atoms with Crippen LogP contribution < -0.4 is 5.32 Å². The highest BCUT2D eigenvalue weighted by Crippen LogP contribution is 2.11. The van der Waals surface area contributed by atoms with Gasteiger partial charge < -0.3 is 5.32 Å². The van der Waals surface area contributed by atoms with Gasteiger partial charge in [0.1, 0.15) is 0 Å². The standard InChI is InChI=1S/C14H21NO/c1-3-5-6-7-14(16)15-13-10-8-12(4-2)9-11-13/h8-11H,3-7H2,1-2H3,(H,15,16). The predicted molar refractivity (Wildman–Crippen MR) is 68.6 cm³/mol. The van der Waals surface area contributed by atoms with Crippen LogP contribution in [0.25, 0.3) is 0 Å². The van der Waals surface area contributed by atoms with Crippen LogP contribution in [-0.2, 0) is 11.2 Å².